The first-order chi connectivity index (χ1) is 8.33. The van der Waals surface area contributed by atoms with Crippen molar-refractivity contribution in [1.82, 2.24) is 10.2 Å². The fourth-order valence-corrected chi connectivity index (χ4v) is 2.53. The first-order valence-corrected chi connectivity index (χ1v) is 6.45. The van der Waals surface area contributed by atoms with Crippen molar-refractivity contribution in [3.8, 4) is 0 Å². The lowest BCUT2D eigenvalue weighted by Crippen LogP contribution is -2.58. The Hall–Kier alpha value is -0.900. The summed E-state index contributed by atoms with van der Waals surface area (Å²) in [7, 11) is 0. The van der Waals surface area contributed by atoms with Gasteiger partial charge in [-0.25, -0.2) is 0 Å². The summed E-state index contributed by atoms with van der Waals surface area (Å²) in [5.74, 6) is 0. The number of hydrogen-bond acceptors (Lipinski definition) is 3. The molecule has 1 saturated heterocycles. The largest absolute Gasteiger partial charge is 0.395 e. The predicted octanol–water partition coefficient (Wildman–Crippen LogP) is 0.884. The van der Waals surface area contributed by atoms with E-state index in [1.54, 1.807) is 0 Å². The highest BCUT2D eigenvalue weighted by Gasteiger charge is 2.25. The van der Waals surface area contributed by atoms with E-state index in [1.807, 2.05) is 0 Å². The summed E-state index contributed by atoms with van der Waals surface area (Å²) in [5, 5.41) is 12.8. The second kappa shape index (κ2) is 6.15. The fraction of sp³-hybridized carbons (Fsp3) is 0.571. The SMILES string of the molecule is CCN1CC(Cc2ccccc2)NCC1CO. The minimum Gasteiger partial charge on any atom is -0.395 e. The summed E-state index contributed by atoms with van der Waals surface area (Å²) < 4.78 is 0. The molecule has 2 N–H and O–H groups in total. The molecule has 3 heteroatoms. The zero-order chi connectivity index (χ0) is 12.1. The number of piperazine rings is 1. The van der Waals surface area contributed by atoms with Crippen LogP contribution in [0.5, 0.6) is 0 Å². The third kappa shape index (κ3) is 3.28. The smallest absolute Gasteiger partial charge is 0.0599 e. The van der Waals surface area contributed by atoms with Crippen molar-refractivity contribution >= 4 is 0 Å². The van der Waals surface area contributed by atoms with Crippen molar-refractivity contribution < 1.29 is 5.11 Å². The molecule has 1 aliphatic rings. The van der Waals surface area contributed by atoms with Gasteiger partial charge in [-0.3, -0.25) is 4.90 Å². The van der Waals surface area contributed by atoms with E-state index in [4.69, 9.17) is 0 Å². The second-order valence-corrected chi connectivity index (χ2v) is 4.72. The molecule has 1 fully saturated rings. The Balaban J connectivity index is 1.91. The van der Waals surface area contributed by atoms with Crippen LogP contribution in [0.25, 0.3) is 0 Å². The molecule has 1 aromatic carbocycles. The molecule has 1 aliphatic heterocycles. The van der Waals surface area contributed by atoms with Gasteiger partial charge in [0.25, 0.3) is 0 Å². The average Bonchev–Trinajstić information content (AvgIpc) is 2.40. The summed E-state index contributed by atoms with van der Waals surface area (Å²) >= 11 is 0. The van der Waals surface area contributed by atoms with Crippen LogP contribution >= 0.6 is 0 Å². The molecule has 0 saturated carbocycles. The first-order valence-electron chi connectivity index (χ1n) is 6.45. The molecule has 0 aromatic heterocycles. The molecule has 1 heterocycles. The Morgan fingerprint density at radius 3 is 2.76 bits per heavy atom. The molecule has 0 bridgehead atoms. The maximum atomic E-state index is 9.29. The Morgan fingerprint density at radius 2 is 2.12 bits per heavy atom. The molecule has 0 radical (unpaired) electrons. The first kappa shape index (κ1) is 12.6. The van der Waals surface area contributed by atoms with Gasteiger partial charge >= 0.3 is 0 Å². The van der Waals surface area contributed by atoms with Gasteiger partial charge in [0, 0.05) is 25.2 Å². The number of aliphatic hydroxyl groups is 1. The van der Waals surface area contributed by atoms with Gasteiger partial charge in [0.1, 0.15) is 0 Å². The Labute approximate surface area is 103 Å². The Kier molecular flexibility index (Phi) is 4.54. The van der Waals surface area contributed by atoms with E-state index in [0.717, 1.165) is 26.1 Å². The van der Waals surface area contributed by atoms with Gasteiger partial charge in [-0.2, -0.15) is 0 Å². The van der Waals surface area contributed by atoms with Crippen LogP contribution in [-0.4, -0.2) is 48.3 Å². The van der Waals surface area contributed by atoms with Crippen LogP contribution in [0.3, 0.4) is 0 Å². The van der Waals surface area contributed by atoms with Gasteiger partial charge in [0.05, 0.1) is 6.61 Å². The molecular formula is C14H22N2O. The van der Waals surface area contributed by atoms with Crippen LogP contribution in [0.2, 0.25) is 0 Å². The van der Waals surface area contributed by atoms with Crippen LogP contribution in [0.15, 0.2) is 30.3 Å². The number of nitrogens with one attached hydrogen (secondary N) is 1. The van der Waals surface area contributed by atoms with E-state index in [0.29, 0.717) is 6.04 Å². The second-order valence-electron chi connectivity index (χ2n) is 4.72. The molecule has 2 atom stereocenters. The minimum atomic E-state index is 0.249. The van der Waals surface area contributed by atoms with Crippen LogP contribution in [0, 0.1) is 0 Å². The van der Waals surface area contributed by atoms with Gasteiger partial charge in [0.15, 0.2) is 0 Å². The highest BCUT2D eigenvalue weighted by atomic mass is 16.3. The van der Waals surface area contributed by atoms with E-state index in [-0.39, 0.29) is 12.6 Å². The Morgan fingerprint density at radius 1 is 1.35 bits per heavy atom. The predicted molar refractivity (Wildman–Crippen MR) is 70.1 cm³/mol. The monoisotopic (exact) mass is 234 g/mol. The summed E-state index contributed by atoms with van der Waals surface area (Å²) in [6, 6.07) is 11.4. The normalized spacial score (nSPS) is 26.0. The number of rotatable bonds is 4. The average molecular weight is 234 g/mol. The van der Waals surface area contributed by atoms with Crippen LogP contribution in [0.4, 0.5) is 0 Å². The Bertz CT molecular complexity index is 328. The van der Waals surface area contributed by atoms with Crippen molar-refractivity contribution in [1.29, 1.82) is 0 Å². The summed E-state index contributed by atoms with van der Waals surface area (Å²) in [6.45, 7) is 5.34. The number of nitrogens with zero attached hydrogens (tertiary/aromatic N) is 1. The van der Waals surface area contributed by atoms with Gasteiger partial charge < -0.3 is 10.4 Å². The highest BCUT2D eigenvalue weighted by molar-refractivity contribution is 5.16. The number of benzene rings is 1. The molecule has 2 unspecified atom stereocenters. The minimum absolute atomic E-state index is 0.249. The standard InChI is InChI=1S/C14H22N2O/c1-2-16-10-13(15-9-14(16)11-17)8-12-6-4-3-5-7-12/h3-7,13-15,17H,2,8-11H2,1H3. The lowest BCUT2D eigenvalue weighted by atomic mass is 10.0. The third-order valence-electron chi connectivity index (χ3n) is 3.56. The topological polar surface area (TPSA) is 35.5 Å². The van der Waals surface area contributed by atoms with Gasteiger partial charge in [-0.15, -0.1) is 0 Å². The van der Waals surface area contributed by atoms with Gasteiger partial charge in [-0.05, 0) is 18.5 Å². The number of likely N-dealkylation sites (N-methyl/N-ethyl adjacent to an activating group) is 1. The van der Waals surface area contributed by atoms with Gasteiger partial charge in [-0.1, -0.05) is 37.3 Å². The molecule has 0 spiro atoms. The van der Waals surface area contributed by atoms with Crippen LogP contribution in [0.1, 0.15) is 12.5 Å². The molecule has 0 amide bonds. The fourth-order valence-electron chi connectivity index (χ4n) is 2.53. The lowest BCUT2D eigenvalue weighted by Gasteiger charge is -2.39. The quantitative estimate of drug-likeness (QED) is 0.812. The van der Waals surface area contributed by atoms with Crippen molar-refractivity contribution in [2.24, 2.45) is 0 Å². The van der Waals surface area contributed by atoms with E-state index in [2.05, 4.69) is 47.5 Å². The van der Waals surface area contributed by atoms with Crippen molar-refractivity contribution in [3.63, 3.8) is 0 Å². The molecule has 17 heavy (non-hydrogen) atoms. The number of aliphatic hydroxyl groups excluding tert-OH is 1. The van der Waals surface area contributed by atoms with Crippen LogP contribution < -0.4 is 5.32 Å². The summed E-state index contributed by atoms with van der Waals surface area (Å²) in [4.78, 5) is 2.37. The zero-order valence-corrected chi connectivity index (χ0v) is 10.5. The van der Waals surface area contributed by atoms with E-state index < -0.39 is 0 Å². The summed E-state index contributed by atoms with van der Waals surface area (Å²) in [6.07, 6.45) is 1.06. The third-order valence-corrected chi connectivity index (χ3v) is 3.56. The molecule has 1 aromatic rings. The van der Waals surface area contributed by atoms with Crippen molar-refractivity contribution in [2.45, 2.75) is 25.4 Å². The summed E-state index contributed by atoms with van der Waals surface area (Å²) in [5.41, 5.74) is 1.38. The van der Waals surface area contributed by atoms with Crippen molar-refractivity contribution in [2.75, 3.05) is 26.2 Å². The van der Waals surface area contributed by atoms with Crippen LogP contribution in [-0.2, 0) is 6.42 Å². The van der Waals surface area contributed by atoms with E-state index >= 15 is 0 Å². The van der Waals surface area contributed by atoms with Gasteiger partial charge in [0.2, 0.25) is 0 Å². The molecule has 0 aliphatic carbocycles. The molecular weight excluding hydrogens is 212 g/mol. The van der Waals surface area contributed by atoms with E-state index in [9.17, 15) is 5.11 Å². The number of hydrogen-bond donors (Lipinski definition) is 2. The zero-order valence-electron chi connectivity index (χ0n) is 10.5. The van der Waals surface area contributed by atoms with E-state index in [1.165, 1.54) is 5.56 Å². The van der Waals surface area contributed by atoms with Crippen molar-refractivity contribution in [3.05, 3.63) is 35.9 Å². The highest BCUT2D eigenvalue weighted by Crippen LogP contribution is 2.11. The maximum absolute atomic E-state index is 9.29. The molecule has 94 valence electrons. The molecule has 2 rings (SSSR count). The maximum Gasteiger partial charge on any atom is 0.0599 e. The molecule has 3 nitrogen and oxygen atoms in total. The lowest BCUT2D eigenvalue weighted by molar-refractivity contribution is 0.0854.